The van der Waals surface area contributed by atoms with Crippen LogP contribution in [0, 0.1) is 13.8 Å². The van der Waals surface area contributed by atoms with Crippen molar-refractivity contribution in [1.29, 1.82) is 0 Å². The predicted molar refractivity (Wildman–Crippen MR) is 120 cm³/mol. The zero-order chi connectivity index (χ0) is 21.3. The largest absolute Gasteiger partial charge is 0.358 e. The van der Waals surface area contributed by atoms with Crippen molar-refractivity contribution >= 4 is 32.9 Å². The molecule has 4 rings (SSSR count). The third-order valence-corrected chi connectivity index (χ3v) is 7.24. The number of benzene rings is 2. The van der Waals surface area contributed by atoms with E-state index in [1.165, 1.54) is 9.71 Å². The lowest BCUT2D eigenvalue weighted by molar-refractivity contribution is 0.0699. The van der Waals surface area contributed by atoms with Gasteiger partial charge in [0.2, 0.25) is 10.0 Å². The number of rotatable bonds is 4. The van der Waals surface area contributed by atoms with Gasteiger partial charge >= 0.3 is 0 Å². The Hall–Kier alpha value is -2.90. The molecule has 2 heterocycles. The van der Waals surface area contributed by atoms with Gasteiger partial charge in [-0.3, -0.25) is 4.79 Å². The Bertz CT molecular complexity index is 1210. The summed E-state index contributed by atoms with van der Waals surface area (Å²) in [6.07, 6.45) is 1.60. The normalized spacial score (nSPS) is 15.9. The Labute approximate surface area is 176 Å². The maximum Gasteiger partial charge on any atom is 0.253 e. The summed E-state index contributed by atoms with van der Waals surface area (Å²) in [6.45, 7) is 5.38. The van der Waals surface area contributed by atoms with E-state index in [0.717, 1.165) is 27.7 Å². The van der Waals surface area contributed by atoms with Crippen molar-refractivity contribution in [3.05, 3.63) is 76.3 Å². The van der Waals surface area contributed by atoms with Crippen molar-refractivity contribution in [3.63, 3.8) is 0 Å². The highest BCUT2D eigenvalue weighted by Crippen LogP contribution is 2.23. The fourth-order valence-electron chi connectivity index (χ4n) is 3.74. The number of nitrogens with one attached hydrogen (secondary N) is 1. The van der Waals surface area contributed by atoms with Crippen LogP contribution in [-0.2, 0) is 10.0 Å². The fourth-order valence-corrected chi connectivity index (χ4v) is 4.91. The minimum Gasteiger partial charge on any atom is -0.358 e. The van der Waals surface area contributed by atoms with Gasteiger partial charge in [0, 0.05) is 53.7 Å². The van der Waals surface area contributed by atoms with Crippen LogP contribution in [0.4, 0.5) is 0 Å². The summed E-state index contributed by atoms with van der Waals surface area (Å²) in [5, 5.41) is 2.29. The number of hydrogen-bond acceptors (Lipinski definition) is 3. The molecule has 6 nitrogen and oxygen atoms in total. The van der Waals surface area contributed by atoms with Crippen LogP contribution in [0.3, 0.4) is 0 Å². The smallest absolute Gasteiger partial charge is 0.253 e. The molecule has 1 fully saturated rings. The number of aryl methyl sites for hydroxylation is 2. The van der Waals surface area contributed by atoms with Crippen molar-refractivity contribution < 1.29 is 13.2 Å². The first-order valence-corrected chi connectivity index (χ1v) is 11.5. The molecule has 0 spiro atoms. The molecule has 156 valence electrons. The van der Waals surface area contributed by atoms with Gasteiger partial charge < -0.3 is 9.88 Å². The molecule has 0 atom stereocenters. The lowest BCUT2D eigenvalue weighted by atomic mass is 10.1. The van der Waals surface area contributed by atoms with E-state index in [-0.39, 0.29) is 19.0 Å². The van der Waals surface area contributed by atoms with Gasteiger partial charge in [0.05, 0.1) is 0 Å². The molecule has 1 aliphatic heterocycles. The van der Waals surface area contributed by atoms with E-state index in [4.69, 9.17) is 0 Å². The van der Waals surface area contributed by atoms with E-state index in [9.17, 15) is 13.2 Å². The summed E-state index contributed by atoms with van der Waals surface area (Å²) in [5.74, 6) is -0.0629. The van der Waals surface area contributed by atoms with Gasteiger partial charge in [-0.15, -0.1) is 0 Å². The predicted octanol–water partition coefficient (Wildman–Crippen LogP) is 3.54. The number of aromatic amines is 1. The lowest BCUT2D eigenvalue weighted by Gasteiger charge is -2.33. The van der Waals surface area contributed by atoms with Gasteiger partial charge in [0.1, 0.15) is 0 Å². The number of H-pyrrole nitrogens is 1. The van der Waals surface area contributed by atoms with Gasteiger partial charge in [0.25, 0.3) is 5.91 Å². The highest BCUT2D eigenvalue weighted by molar-refractivity contribution is 7.92. The molecule has 1 saturated heterocycles. The standard InChI is InChI=1S/C23H25N3O3S/c1-17-18(2)24-22-9-8-20(16-21(17)22)23(27)25-11-13-26(14-12-25)30(28,29)15-10-19-6-4-3-5-7-19/h3-10,15-16,24H,11-14H2,1-2H3/b15-10+. The third-order valence-electron chi connectivity index (χ3n) is 5.67. The van der Waals surface area contributed by atoms with Crippen LogP contribution in [0.5, 0.6) is 0 Å². The maximum atomic E-state index is 13.0. The van der Waals surface area contributed by atoms with Crippen LogP contribution in [0.15, 0.2) is 53.9 Å². The number of carbonyl (C=O) groups is 1. The van der Waals surface area contributed by atoms with E-state index < -0.39 is 10.0 Å². The number of carbonyl (C=O) groups excluding carboxylic acids is 1. The quantitative estimate of drug-likeness (QED) is 0.698. The van der Waals surface area contributed by atoms with Gasteiger partial charge in [-0.25, -0.2) is 8.42 Å². The molecule has 0 unspecified atom stereocenters. The number of hydrogen-bond donors (Lipinski definition) is 1. The highest BCUT2D eigenvalue weighted by Gasteiger charge is 2.28. The number of fused-ring (bicyclic) bond motifs is 1. The van der Waals surface area contributed by atoms with Crippen molar-refractivity contribution in [2.75, 3.05) is 26.2 Å². The summed E-state index contributed by atoms with van der Waals surface area (Å²) >= 11 is 0. The summed E-state index contributed by atoms with van der Waals surface area (Å²) in [4.78, 5) is 18.0. The van der Waals surface area contributed by atoms with Crippen molar-refractivity contribution in [3.8, 4) is 0 Å². The van der Waals surface area contributed by atoms with Crippen LogP contribution in [0.2, 0.25) is 0 Å². The van der Waals surface area contributed by atoms with E-state index in [0.29, 0.717) is 18.7 Å². The van der Waals surface area contributed by atoms with Crippen LogP contribution in [0.1, 0.15) is 27.2 Å². The summed E-state index contributed by atoms with van der Waals surface area (Å²) in [6, 6.07) is 15.0. The fraction of sp³-hybridized carbons (Fsp3) is 0.261. The number of piperazine rings is 1. The van der Waals surface area contributed by atoms with Gasteiger partial charge in [0.15, 0.2) is 0 Å². The van der Waals surface area contributed by atoms with Gasteiger partial charge in [-0.1, -0.05) is 30.3 Å². The van der Waals surface area contributed by atoms with Crippen LogP contribution in [0.25, 0.3) is 17.0 Å². The topological polar surface area (TPSA) is 73.5 Å². The van der Waals surface area contributed by atoms with Crippen molar-refractivity contribution in [1.82, 2.24) is 14.2 Å². The summed E-state index contributed by atoms with van der Waals surface area (Å²) in [5.41, 5.74) is 4.71. The van der Waals surface area contributed by atoms with Crippen LogP contribution >= 0.6 is 0 Å². The molecule has 2 aromatic carbocycles. The average molecular weight is 424 g/mol. The zero-order valence-electron chi connectivity index (χ0n) is 17.1. The number of amides is 1. The molecule has 3 aromatic rings. The van der Waals surface area contributed by atoms with E-state index in [1.807, 2.05) is 62.4 Å². The molecule has 1 amide bonds. The van der Waals surface area contributed by atoms with E-state index in [1.54, 1.807) is 11.0 Å². The van der Waals surface area contributed by atoms with Gasteiger partial charge in [-0.05, 0) is 49.2 Å². The SMILES string of the molecule is Cc1[nH]c2ccc(C(=O)N3CCN(S(=O)(=O)/C=C/c4ccccc4)CC3)cc2c1C. The second-order valence-electron chi connectivity index (χ2n) is 7.58. The van der Waals surface area contributed by atoms with Crippen molar-refractivity contribution in [2.24, 2.45) is 0 Å². The van der Waals surface area contributed by atoms with Gasteiger partial charge in [-0.2, -0.15) is 4.31 Å². The molecule has 1 aromatic heterocycles. The first kappa shape index (κ1) is 20.4. The van der Waals surface area contributed by atoms with Crippen LogP contribution < -0.4 is 0 Å². The third kappa shape index (κ3) is 4.04. The molecular formula is C23H25N3O3S. The minimum absolute atomic E-state index is 0.0629. The molecule has 30 heavy (non-hydrogen) atoms. The highest BCUT2D eigenvalue weighted by atomic mass is 32.2. The molecular weight excluding hydrogens is 398 g/mol. The summed E-state index contributed by atoms with van der Waals surface area (Å²) in [7, 11) is -3.52. The Morgan fingerprint density at radius 3 is 2.40 bits per heavy atom. The summed E-state index contributed by atoms with van der Waals surface area (Å²) < 4.78 is 26.7. The lowest BCUT2D eigenvalue weighted by Crippen LogP contribution is -2.50. The van der Waals surface area contributed by atoms with E-state index in [2.05, 4.69) is 4.98 Å². The van der Waals surface area contributed by atoms with E-state index >= 15 is 0 Å². The molecule has 0 bridgehead atoms. The second kappa shape index (κ2) is 8.08. The zero-order valence-corrected chi connectivity index (χ0v) is 17.9. The first-order valence-electron chi connectivity index (χ1n) is 9.96. The first-order chi connectivity index (χ1) is 14.3. The Morgan fingerprint density at radius 1 is 1.00 bits per heavy atom. The Morgan fingerprint density at radius 2 is 1.70 bits per heavy atom. The Kier molecular flexibility index (Phi) is 5.49. The Balaban J connectivity index is 1.43. The molecule has 0 radical (unpaired) electrons. The number of sulfonamides is 1. The second-order valence-corrected chi connectivity index (χ2v) is 9.40. The van der Waals surface area contributed by atoms with Crippen molar-refractivity contribution in [2.45, 2.75) is 13.8 Å². The number of nitrogens with zero attached hydrogens (tertiary/aromatic N) is 2. The molecule has 1 N–H and O–H groups in total. The molecule has 7 heteroatoms. The average Bonchev–Trinajstić information content (AvgIpc) is 3.06. The maximum absolute atomic E-state index is 13.0. The molecule has 0 saturated carbocycles. The minimum atomic E-state index is -3.52. The molecule has 1 aliphatic rings. The van der Waals surface area contributed by atoms with Crippen LogP contribution in [-0.4, -0.2) is 54.7 Å². The monoisotopic (exact) mass is 423 g/mol. The molecule has 0 aliphatic carbocycles. The number of aromatic nitrogens is 1.